The summed E-state index contributed by atoms with van der Waals surface area (Å²) in [4.78, 5) is 0. The molecule has 0 spiro atoms. The molecule has 5 nitrogen and oxygen atoms in total. The topological polar surface area (TPSA) is 90.2 Å². The van der Waals surface area contributed by atoms with E-state index >= 15 is 0 Å². The average molecular weight is 1020 g/mol. The first-order valence-corrected chi connectivity index (χ1v) is 26.9. The van der Waals surface area contributed by atoms with Crippen molar-refractivity contribution in [3.63, 3.8) is 0 Å². The maximum atomic E-state index is 13.6. The highest BCUT2D eigenvalue weighted by molar-refractivity contribution is 5.99. The number of hydrogen-bond donors (Lipinski definition) is 4. The third-order valence-corrected chi connectivity index (χ3v) is 17.7. The Morgan fingerprint density at radius 1 is 0.215 bits per heavy atom. The molecule has 12 aromatic rings. The second-order valence-corrected chi connectivity index (χ2v) is 21.5. The van der Waals surface area contributed by atoms with Crippen molar-refractivity contribution in [1.82, 2.24) is 0 Å². The summed E-state index contributed by atoms with van der Waals surface area (Å²) in [5, 5.41) is 54.5. The summed E-state index contributed by atoms with van der Waals surface area (Å²) in [5.41, 5.74) is 13.2. The molecule has 0 fully saturated rings. The molecule has 4 aliphatic carbocycles. The van der Waals surface area contributed by atoms with E-state index < -0.39 is 22.4 Å². The van der Waals surface area contributed by atoms with Crippen LogP contribution in [-0.2, 0) is 22.4 Å². The number of hydrogen-bond acceptors (Lipinski definition) is 5. The van der Waals surface area contributed by atoms with Crippen LogP contribution in [0.1, 0.15) is 66.8 Å². The SMILES string of the molecule is OC1(c2ccc(Oc3ccc(C4(O)c5ccccc5-c5ccc(-c6ccc7c(C8(O)c9ccccc9-c9ccccc98)ccc(C8(O)c9ccccc9-c9ccccc98)c7c6)cc54)cc3)cc2)c2ccccc2-c2ccccc21. The summed E-state index contributed by atoms with van der Waals surface area (Å²) in [6, 6.07) is 88.5. The fraction of sp³-hybridized carbons (Fsp3) is 0.0541. The quantitative estimate of drug-likeness (QED) is 0.128. The molecule has 16 rings (SSSR count). The van der Waals surface area contributed by atoms with Crippen molar-refractivity contribution in [2.75, 3.05) is 0 Å². The van der Waals surface area contributed by atoms with E-state index in [4.69, 9.17) is 4.74 Å². The van der Waals surface area contributed by atoms with E-state index in [1.165, 1.54) is 0 Å². The highest BCUT2D eigenvalue weighted by Crippen LogP contribution is 2.58. The summed E-state index contributed by atoms with van der Waals surface area (Å²) in [5.74, 6) is 1.22. The van der Waals surface area contributed by atoms with Crippen LogP contribution in [0.5, 0.6) is 11.5 Å². The molecular formula is C74H48O5. The normalized spacial score (nSPS) is 16.7. The van der Waals surface area contributed by atoms with Gasteiger partial charge in [0, 0.05) is 55.6 Å². The lowest BCUT2D eigenvalue weighted by atomic mass is 9.76. The van der Waals surface area contributed by atoms with Crippen LogP contribution < -0.4 is 4.74 Å². The Balaban J connectivity index is 0.799. The van der Waals surface area contributed by atoms with E-state index in [-0.39, 0.29) is 0 Å². The smallest absolute Gasteiger partial charge is 0.142 e. The Morgan fingerprint density at radius 2 is 0.506 bits per heavy atom. The number of rotatable bonds is 7. The molecule has 374 valence electrons. The van der Waals surface area contributed by atoms with E-state index in [1.807, 2.05) is 188 Å². The minimum atomic E-state index is -1.52. The van der Waals surface area contributed by atoms with Crippen LogP contribution in [0.15, 0.2) is 267 Å². The zero-order valence-electron chi connectivity index (χ0n) is 42.6. The maximum absolute atomic E-state index is 13.6. The largest absolute Gasteiger partial charge is 0.457 e. The Morgan fingerprint density at radius 3 is 0.886 bits per heavy atom. The number of ether oxygens (including phenoxy) is 1. The predicted molar refractivity (Wildman–Crippen MR) is 312 cm³/mol. The Labute approximate surface area is 456 Å². The van der Waals surface area contributed by atoms with Crippen molar-refractivity contribution < 1.29 is 25.2 Å². The molecular weight excluding hydrogens is 969 g/mol. The highest BCUT2D eigenvalue weighted by Gasteiger charge is 2.48. The molecule has 0 heterocycles. The Kier molecular flexibility index (Phi) is 9.56. The number of benzene rings is 12. The van der Waals surface area contributed by atoms with Gasteiger partial charge in [0.05, 0.1) is 0 Å². The monoisotopic (exact) mass is 1020 g/mol. The zero-order valence-corrected chi connectivity index (χ0v) is 42.6. The van der Waals surface area contributed by atoms with Gasteiger partial charge >= 0.3 is 0 Å². The van der Waals surface area contributed by atoms with Crippen LogP contribution >= 0.6 is 0 Å². The average Bonchev–Trinajstić information content (AvgIpc) is 4.32. The first kappa shape index (κ1) is 45.7. The summed E-state index contributed by atoms with van der Waals surface area (Å²) in [6.45, 7) is 0. The standard InChI is InChI=1S/C74H48O5/c75-71(61-22-8-1-15-51(61)52-16-2-9-23-62(52)71)47-31-35-49(36-32-47)79-50-37-33-48(34-38-50)72(76)63-24-10-3-21-57(63)58-39-30-46(44-70(58)72)45-29-40-59-60(43-45)69(74(78)66-27-13-6-19-55(66)56-20-7-14-28-67(56)74)42-41-68(59)73(77)64-25-11-4-17-53(64)54-18-5-12-26-65(54)73/h1-44,75-78H. The lowest BCUT2D eigenvalue weighted by Crippen LogP contribution is -2.29. The predicted octanol–water partition coefficient (Wildman–Crippen LogP) is 15.4. The lowest BCUT2D eigenvalue weighted by Gasteiger charge is -2.32. The van der Waals surface area contributed by atoms with E-state index in [2.05, 4.69) is 78.9 Å². The van der Waals surface area contributed by atoms with Crippen molar-refractivity contribution >= 4 is 10.8 Å². The summed E-state index contributed by atoms with van der Waals surface area (Å²) in [6.07, 6.45) is 0. The fourth-order valence-corrected chi connectivity index (χ4v) is 14.1. The van der Waals surface area contributed by atoms with E-state index in [1.54, 1.807) is 0 Å². The molecule has 0 amide bonds. The molecule has 1 atom stereocenters. The van der Waals surface area contributed by atoms with Crippen molar-refractivity contribution in [2.24, 2.45) is 0 Å². The second kappa shape index (κ2) is 16.5. The first-order chi connectivity index (χ1) is 38.7. The molecule has 4 aliphatic rings. The van der Waals surface area contributed by atoms with Gasteiger partial charge < -0.3 is 25.2 Å². The van der Waals surface area contributed by atoms with Gasteiger partial charge in [0.1, 0.15) is 33.9 Å². The summed E-state index contributed by atoms with van der Waals surface area (Å²) >= 11 is 0. The van der Waals surface area contributed by atoms with E-state index in [9.17, 15) is 20.4 Å². The molecule has 12 aromatic carbocycles. The minimum Gasteiger partial charge on any atom is -0.457 e. The van der Waals surface area contributed by atoms with Gasteiger partial charge in [-0.05, 0) is 114 Å². The number of fused-ring (bicyclic) bond motifs is 13. The molecule has 0 bridgehead atoms. The zero-order chi connectivity index (χ0) is 52.8. The van der Waals surface area contributed by atoms with Crippen LogP contribution in [0, 0.1) is 0 Å². The molecule has 0 saturated heterocycles. The minimum absolute atomic E-state index is 0.602. The van der Waals surface area contributed by atoms with Gasteiger partial charge in [-0.15, -0.1) is 0 Å². The van der Waals surface area contributed by atoms with Crippen LogP contribution in [0.25, 0.3) is 66.4 Å². The fourth-order valence-electron chi connectivity index (χ4n) is 14.1. The van der Waals surface area contributed by atoms with Crippen LogP contribution in [0.2, 0.25) is 0 Å². The molecule has 1 unspecified atom stereocenters. The molecule has 5 heteroatoms. The molecule has 4 N–H and O–H groups in total. The molecule has 0 radical (unpaired) electrons. The van der Waals surface area contributed by atoms with Crippen LogP contribution in [-0.4, -0.2) is 20.4 Å². The highest BCUT2D eigenvalue weighted by atomic mass is 16.5. The molecule has 0 saturated carbocycles. The second-order valence-electron chi connectivity index (χ2n) is 21.5. The van der Waals surface area contributed by atoms with E-state index in [0.29, 0.717) is 22.6 Å². The van der Waals surface area contributed by atoms with Gasteiger partial charge in [0.2, 0.25) is 0 Å². The Hall–Kier alpha value is -9.46. The Bertz CT molecular complexity index is 4400. The van der Waals surface area contributed by atoms with Gasteiger partial charge in [0.25, 0.3) is 0 Å². The number of aliphatic hydroxyl groups is 4. The molecule has 0 aromatic heterocycles. The molecule has 79 heavy (non-hydrogen) atoms. The van der Waals surface area contributed by atoms with Gasteiger partial charge in [-0.25, -0.2) is 0 Å². The van der Waals surface area contributed by atoms with Crippen molar-refractivity contribution in [1.29, 1.82) is 0 Å². The van der Waals surface area contributed by atoms with Gasteiger partial charge in [0.15, 0.2) is 0 Å². The maximum Gasteiger partial charge on any atom is 0.142 e. The summed E-state index contributed by atoms with van der Waals surface area (Å²) in [7, 11) is 0. The van der Waals surface area contributed by atoms with Crippen molar-refractivity contribution in [3.05, 3.63) is 334 Å². The molecule has 0 aliphatic heterocycles. The lowest BCUT2D eigenvalue weighted by molar-refractivity contribution is 0.129. The van der Waals surface area contributed by atoms with Gasteiger partial charge in [-0.2, -0.15) is 0 Å². The third kappa shape index (κ3) is 6.13. The van der Waals surface area contributed by atoms with Crippen LogP contribution in [0.4, 0.5) is 0 Å². The third-order valence-electron chi connectivity index (χ3n) is 17.7. The van der Waals surface area contributed by atoms with Gasteiger partial charge in [-0.3, -0.25) is 0 Å². The summed E-state index contributed by atoms with van der Waals surface area (Å²) < 4.78 is 6.45. The van der Waals surface area contributed by atoms with Gasteiger partial charge in [-0.1, -0.05) is 231 Å². The first-order valence-electron chi connectivity index (χ1n) is 26.9. The van der Waals surface area contributed by atoms with Crippen LogP contribution in [0.3, 0.4) is 0 Å². The van der Waals surface area contributed by atoms with Crippen molar-refractivity contribution in [3.8, 4) is 67.1 Å². The van der Waals surface area contributed by atoms with E-state index in [0.717, 1.165) is 122 Å². The van der Waals surface area contributed by atoms with Crippen molar-refractivity contribution in [2.45, 2.75) is 22.4 Å².